The van der Waals surface area contributed by atoms with Crippen LogP contribution in [0.5, 0.6) is 0 Å². The molecule has 2 nitrogen and oxygen atoms in total. The van der Waals surface area contributed by atoms with Gasteiger partial charge in [0.15, 0.2) is 0 Å². The van der Waals surface area contributed by atoms with Gasteiger partial charge in [-0.1, -0.05) is 13.8 Å². The van der Waals surface area contributed by atoms with Gasteiger partial charge >= 0.3 is 0 Å². The van der Waals surface area contributed by atoms with Crippen molar-refractivity contribution in [1.82, 2.24) is 9.78 Å². The summed E-state index contributed by atoms with van der Waals surface area (Å²) in [5.41, 5.74) is 2.50. The van der Waals surface area contributed by atoms with Crippen LogP contribution in [0.3, 0.4) is 0 Å². The third kappa shape index (κ3) is 3.49. The van der Waals surface area contributed by atoms with Crippen molar-refractivity contribution in [2.24, 2.45) is 12.5 Å². The van der Waals surface area contributed by atoms with E-state index in [0.29, 0.717) is 0 Å². The zero-order chi connectivity index (χ0) is 12.5. The van der Waals surface area contributed by atoms with Crippen molar-refractivity contribution in [3.8, 4) is 0 Å². The average Bonchev–Trinajstić information content (AvgIpc) is 2.29. The summed E-state index contributed by atoms with van der Waals surface area (Å²) in [6, 6.07) is 0. The lowest BCUT2D eigenvalue weighted by Gasteiger charge is -2.26. The van der Waals surface area contributed by atoms with Crippen LogP contribution in [-0.4, -0.2) is 15.2 Å². The lowest BCUT2D eigenvalue weighted by Crippen LogP contribution is -2.20. The Bertz CT molecular complexity index is 369. The van der Waals surface area contributed by atoms with Gasteiger partial charge in [-0.25, -0.2) is 0 Å². The van der Waals surface area contributed by atoms with Gasteiger partial charge in [0.1, 0.15) is 0 Å². The highest BCUT2D eigenvalue weighted by atomic mass is 79.9. The van der Waals surface area contributed by atoms with Gasteiger partial charge in [0.05, 0.1) is 15.9 Å². The maximum Gasteiger partial charge on any atom is 0.0738 e. The molecule has 0 saturated carbocycles. The highest BCUT2D eigenvalue weighted by Crippen LogP contribution is 2.32. The highest BCUT2D eigenvalue weighted by molar-refractivity contribution is 9.10. The molecule has 0 aliphatic rings. The molecule has 0 bridgehead atoms. The number of aromatic nitrogens is 2. The fourth-order valence-corrected chi connectivity index (χ4v) is 3.05. The summed E-state index contributed by atoms with van der Waals surface area (Å²) >= 11 is 9.68. The molecule has 0 amide bonds. The first-order valence-electron chi connectivity index (χ1n) is 5.55. The van der Waals surface area contributed by atoms with E-state index in [4.69, 9.17) is 11.6 Å². The van der Waals surface area contributed by atoms with Gasteiger partial charge in [0.2, 0.25) is 0 Å². The zero-order valence-electron chi connectivity index (χ0n) is 10.6. The van der Waals surface area contributed by atoms with Gasteiger partial charge in [-0.05, 0) is 48.0 Å². The van der Waals surface area contributed by atoms with Crippen LogP contribution in [0.25, 0.3) is 0 Å². The number of rotatable bonds is 4. The van der Waals surface area contributed by atoms with Crippen LogP contribution in [0.2, 0.25) is 0 Å². The van der Waals surface area contributed by atoms with Gasteiger partial charge in [-0.2, -0.15) is 5.10 Å². The Morgan fingerprint density at radius 3 is 2.44 bits per heavy atom. The Hall–Kier alpha value is -0.0200. The second-order valence-electron chi connectivity index (χ2n) is 5.30. The van der Waals surface area contributed by atoms with Crippen molar-refractivity contribution in [3.05, 3.63) is 15.9 Å². The zero-order valence-corrected chi connectivity index (χ0v) is 13.0. The Morgan fingerprint density at radius 1 is 1.50 bits per heavy atom. The summed E-state index contributed by atoms with van der Waals surface area (Å²) < 4.78 is 3.09. The maximum absolute atomic E-state index is 6.08. The summed E-state index contributed by atoms with van der Waals surface area (Å²) in [7, 11) is 1.99. The molecule has 1 rings (SSSR count). The molecule has 4 heteroatoms. The van der Waals surface area contributed by atoms with Gasteiger partial charge in [0, 0.05) is 12.4 Å². The largest absolute Gasteiger partial charge is 0.271 e. The van der Waals surface area contributed by atoms with Crippen LogP contribution < -0.4 is 0 Å². The van der Waals surface area contributed by atoms with E-state index < -0.39 is 0 Å². The van der Waals surface area contributed by atoms with E-state index in [2.05, 4.69) is 34.9 Å². The number of hydrogen-bond donors (Lipinski definition) is 0. The molecular formula is C12H20BrClN2. The van der Waals surface area contributed by atoms with Crippen LogP contribution in [-0.2, 0) is 13.5 Å². The highest BCUT2D eigenvalue weighted by Gasteiger charge is 2.24. The SMILES string of the molecule is Cc1nn(C)c(CC(C)(C)CC(C)Cl)c1Br. The van der Waals surface area contributed by atoms with Crippen LogP contribution in [0.1, 0.15) is 38.6 Å². The van der Waals surface area contributed by atoms with Crippen LogP contribution in [0, 0.1) is 12.3 Å². The molecule has 1 unspecified atom stereocenters. The summed E-state index contributed by atoms with van der Waals surface area (Å²) in [6.07, 6.45) is 1.99. The first-order valence-corrected chi connectivity index (χ1v) is 6.78. The molecule has 16 heavy (non-hydrogen) atoms. The Morgan fingerprint density at radius 2 is 2.06 bits per heavy atom. The molecule has 0 aromatic carbocycles. The summed E-state index contributed by atoms with van der Waals surface area (Å²) in [5.74, 6) is 0. The minimum absolute atomic E-state index is 0.198. The molecule has 0 spiro atoms. The first-order chi connectivity index (χ1) is 7.23. The van der Waals surface area contributed by atoms with Gasteiger partial charge < -0.3 is 0 Å². The van der Waals surface area contributed by atoms with E-state index in [0.717, 1.165) is 23.0 Å². The van der Waals surface area contributed by atoms with Crippen molar-refractivity contribution >= 4 is 27.5 Å². The molecule has 0 aliphatic heterocycles. The van der Waals surface area contributed by atoms with Gasteiger partial charge in [-0.15, -0.1) is 11.6 Å². The Kier molecular flexibility index (Phi) is 4.47. The number of alkyl halides is 1. The summed E-state index contributed by atoms with van der Waals surface area (Å²) in [5, 5.41) is 4.62. The molecule has 0 saturated heterocycles. The Labute approximate surface area is 111 Å². The molecular weight excluding hydrogens is 288 g/mol. The summed E-state index contributed by atoms with van der Waals surface area (Å²) in [6.45, 7) is 8.57. The van der Waals surface area contributed by atoms with Crippen molar-refractivity contribution < 1.29 is 0 Å². The molecule has 0 radical (unpaired) electrons. The topological polar surface area (TPSA) is 17.8 Å². The normalized spacial score (nSPS) is 14.2. The summed E-state index contributed by atoms with van der Waals surface area (Å²) in [4.78, 5) is 0. The van der Waals surface area contributed by atoms with Crippen molar-refractivity contribution in [1.29, 1.82) is 0 Å². The fourth-order valence-electron chi connectivity index (χ4n) is 2.16. The van der Waals surface area contributed by atoms with Crippen LogP contribution in [0.4, 0.5) is 0 Å². The monoisotopic (exact) mass is 306 g/mol. The minimum Gasteiger partial charge on any atom is -0.271 e. The fraction of sp³-hybridized carbons (Fsp3) is 0.750. The number of hydrogen-bond acceptors (Lipinski definition) is 1. The van der Waals surface area contributed by atoms with Crippen LogP contribution >= 0.6 is 27.5 Å². The molecule has 92 valence electrons. The number of nitrogens with zero attached hydrogens (tertiary/aromatic N) is 2. The van der Waals surface area contributed by atoms with Crippen molar-refractivity contribution in [3.63, 3.8) is 0 Å². The third-order valence-corrected chi connectivity index (χ3v) is 3.93. The van der Waals surface area contributed by atoms with E-state index in [9.17, 15) is 0 Å². The average molecular weight is 308 g/mol. The number of aryl methyl sites for hydroxylation is 2. The molecule has 0 aliphatic carbocycles. The van der Waals surface area contributed by atoms with E-state index in [-0.39, 0.29) is 10.8 Å². The van der Waals surface area contributed by atoms with E-state index in [1.54, 1.807) is 0 Å². The second kappa shape index (κ2) is 5.09. The quantitative estimate of drug-likeness (QED) is 0.767. The van der Waals surface area contributed by atoms with E-state index >= 15 is 0 Å². The number of halogens is 2. The molecule has 1 heterocycles. The molecule has 1 aromatic rings. The molecule has 1 atom stereocenters. The lowest BCUT2D eigenvalue weighted by atomic mass is 9.83. The van der Waals surface area contributed by atoms with Gasteiger partial charge in [0.25, 0.3) is 0 Å². The van der Waals surface area contributed by atoms with E-state index in [1.807, 2.05) is 25.6 Å². The predicted octanol–water partition coefficient (Wildman–Crippen LogP) is 4.08. The Balaban J connectivity index is 2.87. The predicted molar refractivity (Wildman–Crippen MR) is 73.1 cm³/mol. The smallest absolute Gasteiger partial charge is 0.0738 e. The first kappa shape index (κ1) is 14.0. The molecule has 0 fully saturated rings. The van der Waals surface area contributed by atoms with Crippen molar-refractivity contribution in [2.45, 2.75) is 45.9 Å². The third-order valence-electron chi connectivity index (χ3n) is 2.74. The van der Waals surface area contributed by atoms with Gasteiger partial charge in [-0.3, -0.25) is 4.68 Å². The molecule has 1 aromatic heterocycles. The standard InChI is InChI=1S/C12H20BrClN2/c1-8(14)6-12(3,4)7-10-11(13)9(2)15-16(10)5/h8H,6-7H2,1-5H3. The lowest BCUT2D eigenvalue weighted by molar-refractivity contribution is 0.323. The van der Waals surface area contributed by atoms with E-state index in [1.165, 1.54) is 5.69 Å². The second-order valence-corrected chi connectivity index (χ2v) is 6.83. The minimum atomic E-state index is 0.198. The van der Waals surface area contributed by atoms with Crippen LogP contribution in [0.15, 0.2) is 4.47 Å². The molecule has 0 N–H and O–H groups in total. The van der Waals surface area contributed by atoms with Crippen molar-refractivity contribution in [2.75, 3.05) is 0 Å². The maximum atomic E-state index is 6.08.